The molecule has 0 radical (unpaired) electrons. The highest BCUT2D eigenvalue weighted by atomic mass is 32.3. The summed E-state index contributed by atoms with van der Waals surface area (Å²) in [6, 6.07) is 0. The van der Waals surface area contributed by atoms with Crippen LogP contribution in [0.2, 0.25) is 0 Å². The molecule has 10 nitrogen and oxygen atoms in total. The van der Waals surface area contributed by atoms with Crippen LogP contribution in [-0.4, -0.2) is 85.8 Å². The number of aliphatic hydroxyl groups is 6. The van der Waals surface area contributed by atoms with Gasteiger partial charge in [-0.05, 0) is 0 Å². The predicted octanol–water partition coefficient (Wildman–Crippen LogP) is -4.24. The monoisotopic (exact) mass is 280 g/mol. The summed E-state index contributed by atoms with van der Waals surface area (Å²) in [5, 5.41) is 52.2. The first kappa shape index (κ1) is 19.0. The summed E-state index contributed by atoms with van der Waals surface area (Å²) in [6.45, 7) is -1.45. The summed E-state index contributed by atoms with van der Waals surface area (Å²) >= 11 is 0. The molecule has 0 aromatic carbocycles. The van der Waals surface area contributed by atoms with Crippen molar-refractivity contribution in [1.82, 2.24) is 0 Å². The van der Waals surface area contributed by atoms with Gasteiger partial charge in [0.2, 0.25) is 0 Å². The van der Waals surface area contributed by atoms with Crippen molar-refractivity contribution in [3.63, 3.8) is 0 Å². The number of aliphatic hydroxyl groups excluding tert-OH is 6. The maximum atomic E-state index is 8.96. The van der Waals surface area contributed by atoms with Gasteiger partial charge in [0.05, 0.1) is 13.2 Å². The lowest BCUT2D eigenvalue weighted by molar-refractivity contribution is -0.123. The molecule has 0 heterocycles. The van der Waals surface area contributed by atoms with E-state index in [0.717, 1.165) is 0 Å². The van der Waals surface area contributed by atoms with E-state index in [9.17, 15) is 0 Å². The van der Waals surface area contributed by atoms with Gasteiger partial charge in [-0.2, -0.15) is 8.42 Å². The summed E-state index contributed by atoms with van der Waals surface area (Å²) in [6.07, 6.45) is -6.39. The number of rotatable bonds is 5. The van der Waals surface area contributed by atoms with Gasteiger partial charge < -0.3 is 30.6 Å². The molecule has 0 amide bonds. The first-order valence-electron chi connectivity index (χ1n) is 4.18. The molecule has 106 valence electrons. The van der Waals surface area contributed by atoms with Gasteiger partial charge in [0.1, 0.15) is 24.4 Å². The summed E-state index contributed by atoms with van der Waals surface area (Å²) in [5.41, 5.74) is 0. The molecule has 0 unspecified atom stereocenters. The van der Waals surface area contributed by atoms with E-state index in [-0.39, 0.29) is 0 Å². The fraction of sp³-hybridized carbons (Fsp3) is 1.00. The van der Waals surface area contributed by atoms with Crippen molar-refractivity contribution >= 4 is 10.4 Å². The molecule has 0 aliphatic carbocycles. The molecule has 0 saturated carbocycles. The van der Waals surface area contributed by atoms with Crippen LogP contribution in [0.25, 0.3) is 0 Å². The standard InChI is InChI=1S/C6H14O6.H2O4S/c7-1-3(9)5(11)6(12)4(10)2-8;1-5(2,3)4/h3-12H,1-2H2;(H2,1,2,3,4)/t3-,4-,5-,6-;/m1./s1. The van der Waals surface area contributed by atoms with Crippen LogP contribution < -0.4 is 0 Å². The second kappa shape index (κ2) is 8.68. The predicted molar refractivity (Wildman–Crippen MR) is 52.4 cm³/mol. The lowest BCUT2D eigenvalue weighted by Gasteiger charge is -2.24. The smallest absolute Gasteiger partial charge is 0.394 e. The fourth-order valence-corrected chi connectivity index (χ4v) is 0.671. The van der Waals surface area contributed by atoms with Crippen LogP contribution in [0, 0.1) is 0 Å². The highest BCUT2D eigenvalue weighted by Gasteiger charge is 2.29. The van der Waals surface area contributed by atoms with Crippen LogP contribution in [-0.2, 0) is 10.4 Å². The molecule has 0 aromatic heterocycles. The van der Waals surface area contributed by atoms with Crippen LogP contribution in [0.3, 0.4) is 0 Å². The summed E-state index contributed by atoms with van der Waals surface area (Å²) in [5.74, 6) is 0. The molecule has 0 saturated heterocycles. The largest absolute Gasteiger partial charge is 0.394 e. The third-order valence-corrected chi connectivity index (χ3v) is 1.51. The lowest BCUT2D eigenvalue weighted by Crippen LogP contribution is -2.46. The second-order valence-electron chi connectivity index (χ2n) is 2.93. The van der Waals surface area contributed by atoms with Crippen molar-refractivity contribution in [3.05, 3.63) is 0 Å². The molecular weight excluding hydrogens is 264 g/mol. The molecule has 0 fully saturated rings. The first-order valence-corrected chi connectivity index (χ1v) is 5.58. The van der Waals surface area contributed by atoms with E-state index >= 15 is 0 Å². The topological polar surface area (TPSA) is 196 Å². The van der Waals surface area contributed by atoms with Gasteiger partial charge >= 0.3 is 10.4 Å². The van der Waals surface area contributed by atoms with E-state index in [4.69, 9.17) is 48.2 Å². The molecule has 17 heavy (non-hydrogen) atoms. The molecule has 0 rings (SSSR count). The highest BCUT2D eigenvalue weighted by Crippen LogP contribution is 2.03. The van der Waals surface area contributed by atoms with Gasteiger partial charge in [-0.25, -0.2) is 0 Å². The van der Waals surface area contributed by atoms with Gasteiger partial charge in [-0.1, -0.05) is 0 Å². The van der Waals surface area contributed by atoms with Crippen molar-refractivity contribution in [2.75, 3.05) is 13.2 Å². The maximum absolute atomic E-state index is 8.96. The van der Waals surface area contributed by atoms with Gasteiger partial charge in [0, 0.05) is 0 Å². The van der Waals surface area contributed by atoms with Gasteiger partial charge in [-0.15, -0.1) is 0 Å². The minimum Gasteiger partial charge on any atom is -0.394 e. The maximum Gasteiger partial charge on any atom is 0.394 e. The summed E-state index contributed by atoms with van der Waals surface area (Å²) < 4.78 is 31.6. The lowest BCUT2D eigenvalue weighted by atomic mass is 10.0. The Morgan fingerprint density at radius 3 is 1.06 bits per heavy atom. The average Bonchev–Trinajstić information content (AvgIpc) is 2.22. The molecular formula is C6H16O10S. The number of hydrogen-bond donors (Lipinski definition) is 8. The van der Waals surface area contributed by atoms with E-state index in [1.54, 1.807) is 0 Å². The zero-order valence-corrected chi connectivity index (χ0v) is 9.34. The molecule has 11 heteroatoms. The van der Waals surface area contributed by atoms with Crippen LogP contribution in [0.5, 0.6) is 0 Å². The zero-order valence-electron chi connectivity index (χ0n) is 8.53. The van der Waals surface area contributed by atoms with Crippen molar-refractivity contribution in [3.8, 4) is 0 Å². The Morgan fingerprint density at radius 1 is 0.765 bits per heavy atom. The minimum absolute atomic E-state index is 0.726. The van der Waals surface area contributed by atoms with Crippen molar-refractivity contribution in [1.29, 1.82) is 0 Å². The third kappa shape index (κ3) is 11.9. The highest BCUT2D eigenvalue weighted by molar-refractivity contribution is 7.79. The molecule has 0 bridgehead atoms. The van der Waals surface area contributed by atoms with Crippen LogP contribution >= 0.6 is 0 Å². The van der Waals surface area contributed by atoms with Crippen LogP contribution in [0.4, 0.5) is 0 Å². The molecule has 4 atom stereocenters. The average molecular weight is 280 g/mol. The molecule has 0 aromatic rings. The van der Waals surface area contributed by atoms with E-state index in [1.807, 2.05) is 0 Å². The Morgan fingerprint density at radius 2 is 0.941 bits per heavy atom. The van der Waals surface area contributed by atoms with Crippen molar-refractivity contribution < 1.29 is 48.2 Å². The van der Waals surface area contributed by atoms with Crippen LogP contribution in [0.1, 0.15) is 0 Å². The Balaban J connectivity index is 0. The summed E-state index contributed by atoms with van der Waals surface area (Å²) in [4.78, 5) is 0. The Hall–Kier alpha value is -0.370. The minimum atomic E-state index is -4.67. The zero-order chi connectivity index (χ0) is 14.2. The first-order chi connectivity index (χ1) is 7.54. The second-order valence-corrected chi connectivity index (χ2v) is 3.82. The quantitative estimate of drug-likeness (QED) is 0.228. The Kier molecular flexibility index (Phi) is 9.69. The number of hydrogen-bond acceptors (Lipinski definition) is 8. The van der Waals surface area contributed by atoms with Crippen LogP contribution in [0.15, 0.2) is 0 Å². The van der Waals surface area contributed by atoms with Crippen molar-refractivity contribution in [2.24, 2.45) is 0 Å². The summed E-state index contributed by atoms with van der Waals surface area (Å²) in [7, 11) is -4.67. The van der Waals surface area contributed by atoms with E-state index in [1.165, 1.54) is 0 Å². The molecule has 8 N–H and O–H groups in total. The third-order valence-electron chi connectivity index (χ3n) is 1.51. The molecule has 0 aliphatic heterocycles. The SMILES string of the molecule is O=S(=O)(O)O.OC[C@@H](O)[C@@H](O)[C@H](O)[C@H](O)CO. The van der Waals surface area contributed by atoms with Crippen molar-refractivity contribution in [2.45, 2.75) is 24.4 Å². The van der Waals surface area contributed by atoms with Gasteiger partial charge in [0.25, 0.3) is 0 Å². The molecule has 0 aliphatic rings. The van der Waals surface area contributed by atoms with E-state index in [0.29, 0.717) is 0 Å². The van der Waals surface area contributed by atoms with E-state index < -0.39 is 48.0 Å². The molecule has 0 spiro atoms. The van der Waals surface area contributed by atoms with Gasteiger partial charge in [0.15, 0.2) is 0 Å². The Labute approximate surface area is 97.0 Å². The fourth-order valence-electron chi connectivity index (χ4n) is 0.671. The normalized spacial score (nSPS) is 18.6. The van der Waals surface area contributed by atoms with E-state index in [2.05, 4.69) is 0 Å². The van der Waals surface area contributed by atoms with Gasteiger partial charge in [-0.3, -0.25) is 9.11 Å². The Bertz CT molecular complexity index is 255.